The molecule has 2 heterocycles. The summed E-state index contributed by atoms with van der Waals surface area (Å²) in [5.74, 6) is 0. The number of rotatable bonds is 5. The van der Waals surface area contributed by atoms with Gasteiger partial charge in [-0.05, 0) is 22.2 Å². The minimum absolute atomic E-state index is 0.109. The molecule has 0 aliphatic carbocycles. The molecule has 21 heavy (non-hydrogen) atoms. The molecule has 0 unspecified atom stereocenters. The zero-order valence-corrected chi connectivity index (χ0v) is 12.0. The fourth-order valence-electron chi connectivity index (χ4n) is 1.48. The summed E-state index contributed by atoms with van der Waals surface area (Å²) in [6.07, 6.45) is 1.58. The summed E-state index contributed by atoms with van der Waals surface area (Å²) in [5, 5.41) is 8.63. The van der Waals surface area contributed by atoms with E-state index in [0.717, 1.165) is 15.0 Å². The van der Waals surface area contributed by atoms with Gasteiger partial charge in [0.15, 0.2) is 4.90 Å². The minimum atomic E-state index is -0.109. The first-order valence-corrected chi connectivity index (χ1v) is 5.73. The number of aromatic nitrogens is 4. The molecule has 0 bridgehead atoms. The highest BCUT2D eigenvalue weighted by Gasteiger charge is 2.34. The summed E-state index contributed by atoms with van der Waals surface area (Å²) >= 11 is 0. The molecule has 2 aromatic heterocycles. The van der Waals surface area contributed by atoms with E-state index in [0.29, 0.717) is 11.2 Å². The van der Waals surface area contributed by atoms with Gasteiger partial charge in [-0.1, -0.05) is 0 Å². The van der Waals surface area contributed by atoms with E-state index in [1.165, 1.54) is 28.4 Å². The topological polar surface area (TPSA) is 96.0 Å². The molecule has 0 aliphatic rings. The van der Waals surface area contributed by atoms with Crippen molar-refractivity contribution in [1.82, 2.24) is 25.4 Å². The molecule has 0 saturated carbocycles. The summed E-state index contributed by atoms with van der Waals surface area (Å²) in [4.78, 5) is 31.5. The molecule has 2 rings (SSSR count). The van der Waals surface area contributed by atoms with E-state index in [2.05, 4.69) is 15.3 Å². The maximum atomic E-state index is 5.50. The SMILES string of the molecule is CON(OC)C(On1nnc2cccnc21)=[N+](OC)OC. The van der Waals surface area contributed by atoms with Crippen molar-refractivity contribution in [3.63, 3.8) is 0 Å². The largest absolute Gasteiger partial charge is 0.619 e. The van der Waals surface area contributed by atoms with E-state index in [4.69, 9.17) is 24.2 Å². The first-order chi connectivity index (χ1) is 10.2. The van der Waals surface area contributed by atoms with Crippen molar-refractivity contribution in [2.75, 3.05) is 28.4 Å². The highest BCUT2D eigenvalue weighted by atomic mass is 17.0. The van der Waals surface area contributed by atoms with Gasteiger partial charge in [0, 0.05) is 6.20 Å². The minimum Gasteiger partial charge on any atom is -0.303 e. The van der Waals surface area contributed by atoms with Gasteiger partial charge in [0.1, 0.15) is 19.7 Å². The first kappa shape index (κ1) is 14.7. The third kappa shape index (κ3) is 2.93. The average Bonchev–Trinajstić information content (AvgIpc) is 2.93. The molecule has 0 atom stereocenters. The molecular weight excluding hydrogens is 284 g/mol. The van der Waals surface area contributed by atoms with Crippen molar-refractivity contribution < 1.29 is 29.1 Å². The highest BCUT2D eigenvalue weighted by molar-refractivity contribution is 5.71. The van der Waals surface area contributed by atoms with Crippen LogP contribution in [0.25, 0.3) is 11.2 Å². The van der Waals surface area contributed by atoms with Crippen molar-refractivity contribution >= 4 is 17.2 Å². The molecule has 0 fully saturated rings. The second kappa shape index (κ2) is 6.67. The van der Waals surface area contributed by atoms with Gasteiger partial charge in [0.2, 0.25) is 5.65 Å². The predicted octanol–water partition coefficient (Wildman–Crippen LogP) is -0.829. The van der Waals surface area contributed by atoms with E-state index < -0.39 is 0 Å². The predicted molar refractivity (Wildman–Crippen MR) is 67.0 cm³/mol. The zero-order valence-electron chi connectivity index (χ0n) is 12.0. The molecule has 0 saturated heterocycles. The molecule has 0 radical (unpaired) electrons. The van der Waals surface area contributed by atoms with Crippen LogP contribution in [0.1, 0.15) is 0 Å². The fourth-order valence-corrected chi connectivity index (χ4v) is 1.48. The first-order valence-electron chi connectivity index (χ1n) is 5.73. The number of hydrogen-bond donors (Lipinski definition) is 0. The Hall–Kier alpha value is -2.66. The number of nitrogens with zero attached hydrogens (tertiary/aromatic N) is 6. The summed E-state index contributed by atoms with van der Waals surface area (Å²) in [7, 11) is 5.48. The lowest BCUT2D eigenvalue weighted by Crippen LogP contribution is -2.43. The number of pyridine rings is 1. The number of hydrogen-bond acceptors (Lipinski definition) is 8. The van der Waals surface area contributed by atoms with Gasteiger partial charge >= 0.3 is 6.02 Å². The van der Waals surface area contributed by atoms with E-state index in [-0.39, 0.29) is 6.02 Å². The molecule has 0 amide bonds. The summed E-state index contributed by atoms with van der Waals surface area (Å²) in [5.41, 5.74) is 0.953. The summed E-state index contributed by atoms with van der Waals surface area (Å²) in [6, 6.07) is 3.37. The third-order valence-electron chi connectivity index (χ3n) is 2.32. The summed E-state index contributed by atoms with van der Waals surface area (Å²) < 4.78 is 0. The number of hydroxylamine groups is 2. The van der Waals surface area contributed by atoms with Crippen LogP contribution >= 0.6 is 0 Å². The molecule has 0 N–H and O–H groups in total. The van der Waals surface area contributed by atoms with Crippen molar-refractivity contribution in [3.8, 4) is 0 Å². The molecule has 11 nitrogen and oxygen atoms in total. The molecule has 0 aliphatic heterocycles. The van der Waals surface area contributed by atoms with Crippen LogP contribution in [0.3, 0.4) is 0 Å². The second-order valence-electron chi connectivity index (χ2n) is 3.43. The number of amidine groups is 1. The summed E-state index contributed by atoms with van der Waals surface area (Å²) in [6.45, 7) is 0. The van der Waals surface area contributed by atoms with Gasteiger partial charge in [-0.25, -0.2) is 4.98 Å². The van der Waals surface area contributed by atoms with Crippen LogP contribution in [0.2, 0.25) is 0 Å². The van der Waals surface area contributed by atoms with Crippen molar-refractivity contribution in [2.45, 2.75) is 0 Å². The van der Waals surface area contributed by atoms with Crippen LogP contribution in [-0.4, -0.2) is 64.7 Å². The molecule has 2 aromatic rings. The molecular formula is C10H15N6O5+. The Morgan fingerprint density at radius 3 is 2.52 bits per heavy atom. The van der Waals surface area contributed by atoms with Crippen LogP contribution in [-0.2, 0) is 19.4 Å². The standard InChI is InChI=1S/C10H15N6O5/c1-17-15(18-2)10(16(19-3)20-4)21-14-9-8(12-13-14)6-5-7-11-9/h5-7H,1-4H3/q+1. The van der Waals surface area contributed by atoms with E-state index in [9.17, 15) is 0 Å². The highest BCUT2D eigenvalue weighted by Crippen LogP contribution is 2.05. The van der Waals surface area contributed by atoms with Crippen molar-refractivity contribution in [3.05, 3.63) is 18.3 Å². The quantitative estimate of drug-likeness (QED) is 0.398. The molecule has 0 aromatic carbocycles. The average molecular weight is 299 g/mol. The van der Waals surface area contributed by atoms with Gasteiger partial charge in [-0.2, -0.15) is 9.68 Å². The molecule has 114 valence electrons. The second-order valence-corrected chi connectivity index (χ2v) is 3.43. The van der Waals surface area contributed by atoms with E-state index in [1.807, 2.05) is 0 Å². The van der Waals surface area contributed by atoms with Crippen LogP contribution in [0.15, 0.2) is 18.3 Å². The van der Waals surface area contributed by atoms with Gasteiger partial charge in [0.25, 0.3) is 0 Å². The Morgan fingerprint density at radius 2 is 1.90 bits per heavy atom. The van der Waals surface area contributed by atoms with Gasteiger partial charge in [-0.3, -0.25) is 4.84 Å². The van der Waals surface area contributed by atoms with Crippen molar-refractivity contribution in [1.29, 1.82) is 0 Å². The fraction of sp³-hybridized carbons (Fsp3) is 0.400. The molecule has 0 spiro atoms. The monoisotopic (exact) mass is 299 g/mol. The Labute approximate surface area is 119 Å². The lowest BCUT2D eigenvalue weighted by Gasteiger charge is -2.11. The van der Waals surface area contributed by atoms with Gasteiger partial charge < -0.3 is 9.68 Å². The zero-order chi connectivity index (χ0) is 15.2. The van der Waals surface area contributed by atoms with E-state index >= 15 is 0 Å². The maximum Gasteiger partial charge on any atom is 0.619 e. The van der Waals surface area contributed by atoms with Crippen LogP contribution in [0.4, 0.5) is 0 Å². The van der Waals surface area contributed by atoms with Crippen LogP contribution in [0.5, 0.6) is 0 Å². The Morgan fingerprint density at radius 1 is 1.19 bits per heavy atom. The lowest BCUT2D eigenvalue weighted by atomic mass is 10.4. The van der Waals surface area contributed by atoms with Gasteiger partial charge in [-0.15, -0.1) is 5.10 Å². The lowest BCUT2D eigenvalue weighted by molar-refractivity contribution is -0.965. The maximum absolute atomic E-state index is 5.50. The molecule has 11 heteroatoms. The smallest absolute Gasteiger partial charge is 0.303 e. The van der Waals surface area contributed by atoms with E-state index in [1.54, 1.807) is 18.3 Å². The van der Waals surface area contributed by atoms with Gasteiger partial charge in [0.05, 0.1) is 19.4 Å². The van der Waals surface area contributed by atoms with Crippen LogP contribution in [0, 0.1) is 0 Å². The third-order valence-corrected chi connectivity index (χ3v) is 2.32. The van der Waals surface area contributed by atoms with Crippen molar-refractivity contribution in [2.24, 2.45) is 0 Å². The van der Waals surface area contributed by atoms with Crippen LogP contribution < -0.4 is 4.84 Å². The Bertz CT molecular complexity index is 619. The Balaban J connectivity index is 2.41. The Kier molecular flexibility index (Phi) is 4.68. The normalized spacial score (nSPS) is 10.3. The number of fused-ring (bicyclic) bond motifs is 1.